The van der Waals surface area contributed by atoms with Crippen LogP contribution in [-0.4, -0.2) is 78.1 Å². The summed E-state index contributed by atoms with van der Waals surface area (Å²) in [7, 11) is 5.11. The van der Waals surface area contributed by atoms with Gasteiger partial charge in [-0.25, -0.2) is 4.79 Å². The van der Waals surface area contributed by atoms with Gasteiger partial charge in [-0.2, -0.15) is 0 Å². The van der Waals surface area contributed by atoms with Crippen molar-refractivity contribution in [2.75, 3.05) is 40.9 Å². The smallest absolute Gasteiger partial charge is 0.319 e. The van der Waals surface area contributed by atoms with Crippen molar-refractivity contribution in [3.63, 3.8) is 0 Å². The molecule has 1 saturated carbocycles. The average Bonchev–Trinajstić information content (AvgIpc) is 3.29. The molecular weight excluding hydrogens is 428 g/mol. The number of nitrogens with zero attached hydrogens (tertiary/aromatic N) is 4. The van der Waals surface area contributed by atoms with Gasteiger partial charge in [0, 0.05) is 58.8 Å². The molecule has 0 N–H and O–H groups in total. The maximum atomic E-state index is 13.7. The van der Waals surface area contributed by atoms with Crippen molar-refractivity contribution in [3.05, 3.63) is 59.9 Å². The summed E-state index contributed by atoms with van der Waals surface area (Å²) in [5.74, 6) is 0.0203. The van der Waals surface area contributed by atoms with Gasteiger partial charge < -0.3 is 24.0 Å². The number of benzene rings is 1. The lowest BCUT2D eigenvalue weighted by molar-refractivity contribution is -0.135. The predicted octanol–water partition coefficient (Wildman–Crippen LogP) is 4.22. The second-order valence-electron chi connectivity index (χ2n) is 9.37. The highest BCUT2D eigenvalue weighted by Crippen LogP contribution is 2.25. The summed E-state index contributed by atoms with van der Waals surface area (Å²) in [6, 6.07) is 14.6. The summed E-state index contributed by atoms with van der Waals surface area (Å²) in [6.07, 6.45) is 8.35. The number of aromatic nitrogens is 1. The third kappa shape index (κ3) is 7.35. The Morgan fingerprint density at radius 1 is 1.03 bits per heavy atom. The fourth-order valence-corrected chi connectivity index (χ4v) is 4.69. The fourth-order valence-electron chi connectivity index (χ4n) is 4.69. The Morgan fingerprint density at radius 3 is 2.44 bits per heavy atom. The molecule has 1 aromatic heterocycles. The molecule has 1 aromatic carbocycles. The quantitative estimate of drug-likeness (QED) is 0.464. The first-order valence-electron chi connectivity index (χ1n) is 12.4. The Balaban J connectivity index is 1.77. The summed E-state index contributed by atoms with van der Waals surface area (Å²) >= 11 is 0. The van der Waals surface area contributed by atoms with E-state index in [0.29, 0.717) is 26.1 Å². The molecule has 34 heavy (non-hydrogen) atoms. The van der Waals surface area contributed by atoms with E-state index >= 15 is 0 Å². The van der Waals surface area contributed by atoms with Crippen LogP contribution in [-0.2, 0) is 22.6 Å². The van der Waals surface area contributed by atoms with E-state index in [1.54, 1.807) is 26.1 Å². The SMILES string of the molecule is COCCCN(CC(=O)N(Cc1cccn1Cc1ccccc1)C1CCCCC1)C(=O)N(C)C. The molecule has 1 aliphatic rings. The molecule has 0 unspecified atom stereocenters. The van der Waals surface area contributed by atoms with Crippen molar-refractivity contribution in [2.45, 2.75) is 57.7 Å². The minimum atomic E-state index is -0.138. The topological polar surface area (TPSA) is 58.0 Å². The Hall–Kier alpha value is -2.80. The van der Waals surface area contributed by atoms with Crippen molar-refractivity contribution in [2.24, 2.45) is 0 Å². The average molecular weight is 469 g/mol. The minimum Gasteiger partial charge on any atom is -0.385 e. The van der Waals surface area contributed by atoms with Gasteiger partial charge in [0.2, 0.25) is 5.91 Å². The zero-order valence-corrected chi connectivity index (χ0v) is 21.0. The third-order valence-corrected chi connectivity index (χ3v) is 6.54. The highest BCUT2D eigenvalue weighted by atomic mass is 16.5. The van der Waals surface area contributed by atoms with Crippen LogP contribution in [0, 0.1) is 0 Å². The van der Waals surface area contributed by atoms with E-state index in [1.165, 1.54) is 16.9 Å². The van der Waals surface area contributed by atoms with Crippen molar-refractivity contribution >= 4 is 11.9 Å². The molecule has 0 radical (unpaired) electrons. The largest absolute Gasteiger partial charge is 0.385 e. The zero-order chi connectivity index (χ0) is 24.3. The molecule has 3 rings (SSSR count). The van der Waals surface area contributed by atoms with E-state index in [-0.39, 0.29) is 24.5 Å². The van der Waals surface area contributed by atoms with Gasteiger partial charge in [-0.05, 0) is 37.0 Å². The number of carbonyl (C=O) groups is 2. The first kappa shape index (κ1) is 25.8. The molecule has 0 aliphatic heterocycles. The number of hydrogen-bond donors (Lipinski definition) is 0. The fraction of sp³-hybridized carbons (Fsp3) is 0.556. The molecule has 0 saturated heterocycles. The van der Waals surface area contributed by atoms with Crippen LogP contribution < -0.4 is 0 Å². The number of ether oxygens (including phenoxy) is 1. The Kier molecular flexibility index (Phi) is 10.0. The maximum absolute atomic E-state index is 13.7. The van der Waals surface area contributed by atoms with Crippen LogP contribution >= 0.6 is 0 Å². The molecule has 7 nitrogen and oxygen atoms in total. The second kappa shape index (κ2) is 13.2. The molecule has 1 aliphatic carbocycles. The van der Waals surface area contributed by atoms with Crippen molar-refractivity contribution in [3.8, 4) is 0 Å². The van der Waals surface area contributed by atoms with Gasteiger partial charge in [0.05, 0.1) is 6.54 Å². The monoisotopic (exact) mass is 468 g/mol. The number of methoxy groups -OCH3 is 1. The van der Waals surface area contributed by atoms with E-state index in [4.69, 9.17) is 4.74 Å². The van der Waals surface area contributed by atoms with E-state index < -0.39 is 0 Å². The van der Waals surface area contributed by atoms with Crippen LogP contribution in [0.1, 0.15) is 49.8 Å². The predicted molar refractivity (Wildman–Crippen MR) is 135 cm³/mol. The van der Waals surface area contributed by atoms with E-state index in [0.717, 1.165) is 37.9 Å². The zero-order valence-electron chi connectivity index (χ0n) is 21.0. The van der Waals surface area contributed by atoms with Gasteiger partial charge in [0.1, 0.15) is 6.54 Å². The normalized spacial score (nSPS) is 14.1. The van der Waals surface area contributed by atoms with Crippen LogP contribution in [0.15, 0.2) is 48.7 Å². The van der Waals surface area contributed by atoms with Gasteiger partial charge >= 0.3 is 6.03 Å². The van der Waals surface area contributed by atoms with E-state index in [1.807, 2.05) is 11.0 Å². The van der Waals surface area contributed by atoms with Gasteiger partial charge in [-0.3, -0.25) is 4.79 Å². The number of carbonyl (C=O) groups excluding carboxylic acids is 2. The highest BCUT2D eigenvalue weighted by Gasteiger charge is 2.29. The van der Waals surface area contributed by atoms with Gasteiger partial charge in [-0.1, -0.05) is 49.6 Å². The van der Waals surface area contributed by atoms with Crippen molar-refractivity contribution in [1.29, 1.82) is 0 Å². The molecule has 0 bridgehead atoms. The summed E-state index contributed by atoms with van der Waals surface area (Å²) < 4.78 is 7.38. The standard InChI is InChI=1S/C27H40N4O3/c1-28(2)27(33)30(18-11-19-34-3)22-26(32)31(24-14-8-5-9-15-24)21-25-16-10-17-29(25)20-23-12-6-4-7-13-23/h4,6-7,10,12-13,16-17,24H,5,8-9,11,14-15,18-22H2,1-3H3. The molecule has 0 spiro atoms. The number of urea groups is 1. The Morgan fingerprint density at radius 2 is 1.76 bits per heavy atom. The Labute approximate surface area is 204 Å². The van der Waals surface area contributed by atoms with Crippen LogP contribution in [0.5, 0.6) is 0 Å². The van der Waals surface area contributed by atoms with Crippen LogP contribution in [0.4, 0.5) is 4.79 Å². The van der Waals surface area contributed by atoms with E-state index in [2.05, 4.69) is 47.2 Å². The molecule has 2 aromatic rings. The highest BCUT2D eigenvalue weighted by molar-refractivity contribution is 5.84. The van der Waals surface area contributed by atoms with E-state index in [9.17, 15) is 9.59 Å². The summed E-state index contributed by atoms with van der Waals surface area (Å²) in [5.41, 5.74) is 2.35. The van der Waals surface area contributed by atoms with Gasteiger partial charge in [0.15, 0.2) is 0 Å². The lowest BCUT2D eigenvalue weighted by Crippen LogP contribution is -2.49. The number of amides is 3. The molecule has 186 valence electrons. The third-order valence-electron chi connectivity index (χ3n) is 6.54. The van der Waals surface area contributed by atoms with Crippen molar-refractivity contribution in [1.82, 2.24) is 19.3 Å². The van der Waals surface area contributed by atoms with Crippen LogP contribution in [0.2, 0.25) is 0 Å². The molecule has 1 fully saturated rings. The number of hydrogen-bond acceptors (Lipinski definition) is 3. The first-order chi connectivity index (χ1) is 16.5. The first-order valence-corrected chi connectivity index (χ1v) is 12.4. The minimum absolute atomic E-state index is 0.0203. The maximum Gasteiger partial charge on any atom is 0.319 e. The molecule has 3 amide bonds. The lowest BCUT2D eigenvalue weighted by atomic mass is 9.94. The van der Waals surface area contributed by atoms with Gasteiger partial charge in [0.25, 0.3) is 0 Å². The van der Waals surface area contributed by atoms with Crippen molar-refractivity contribution < 1.29 is 14.3 Å². The van der Waals surface area contributed by atoms with Crippen LogP contribution in [0.25, 0.3) is 0 Å². The molecule has 1 heterocycles. The summed E-state index contributed by atoms with van der Waals surface area (Å²) in [6.45, 7) is 2.49. The molecular formula is C27H40N4O3. The number of rotatable bonds is 11. The Bertz CT molecular complexity index is 890. The van der Waals surface area contributed by atoms with Gasteiger partial charge in [-0.15, -0.1) is 0 Å². The molecule has 7 heteroatoms. The summed E-state index contributed by atoms with van der Waals surface area (Å²) in [4.78, 5) is 31.7. The second-order valence-corrected chi connectivity index (χ2v) is 9.37. The lowest BCUT2D eigenvalue weighted by Gasteiger charge is -2.36. The van der Waals surface area contributed by atoms with Crippen LogP contribution in [0.3, 0.4) is 0 Å². The summed E-state index contributed by atoms with van der Waals surface area (Å²) in [5, 5.41) is 0. The molecule has 0 atom stereocenters.